The fourth-order valence-electron chi connectivity index (χ4n) is 1.13. The fraction of sp³-hybridized carbons (Fsp3) is 0.667. The number of epoxide rings is 1. The molecule has 0 aromatic carbocycles. The second kappa shape index (κ2) is 0.726. The molecule has 1 aliphatic carbocycles. The van der Waals surface area contributed by atoms with E-state index in [1.807, 2.05) is 0 Å². The number of allylic oxidation sites excluding steroid dienone is 1. The first kappa shape index (κ1) is 3.53. The monoisotopic (exact) mass is 96.1 g/mol. The molecule has 0 aromatic rings. The molecule has 1 heteroatoms. The maximum atomic E-state index is 5.20. The van der Waals surface area contributed by atoms with Gasteiger partial charge >= 0.3 is 0 Å². The molecule has 0 spiro atoms. The van der Waals surface area contributed by atoms with E-state index in [9.17, 15) is 0 Å². The van der Waals surface area contributed by atoms with Gasteiger partial charge in [-0.2, -0.15) is 0 Å². The molecule has 0 radical (unpaired) electrons. The molecule has 0 saturated carbocycles. The summed E-state index contributed by atoms with van der Waals surface area (Å²) in [5.41, 5.74) is 0.222. The predicted molar refractivity (Wildman–Crippen MR) is 26.8 cm³/mol. The topological polar surface area (TPSA) is 12.5 Å². The van der Waals surface area contributed by atoms with Crippen molar-refractivity contribution in [1.29, 1.82) is 0 Å². The molecule has 0 bridgehead atoms. The molecule has 0 N–H and O–H groups in total. The van der Waals surface area contributed by atoms with Crippen LogP contribution in [-0.2, 0) is 4.74 Å². The summed E-state index contributed by atoms with van der Waals surface area (Å²) in [4.78, 5) is 0. The van der Waals surface area contributed by atoms with Crippen molar-refractivity contribution in [2.24, 2.45) is 0 Å². The summed E-state index contributed by atoms with van der Waals surface area (Å²) < 4.78 is 5.20. The number of rotatable bonds is 0. The normalized spacial score (nSPS) is 44.4. The summed E-state index contributed by atoms with van der Waals surface area (Å²) in [5, 5.41) is 0. The van der Waals surface area contributed by atoms with Gasteiger partial charge in [-0.05, 0) is 25.8 Å². The Morgan fingerprint density at radius 2 is 2.71 bits per heavy atom. The average molecular weight is 96.1 g/mol. The summed E-state index contributed by atoms with van der Waals surface area (Å²) in [6, 6.07) is 0. The number of hydrogen-bond donors (Lipinski definition) is 0. The molecule has 38 valence electrons. The van der Waals surface area contributed by atoms with Gasteiger partial charge in [0.15, 0.2) is 5.60 Å². The van der Waals surface area contributed by atoms with Crippen LogP contribution in [0.1, 0.15) is 19.8 Å². The van der Waals surface area contributed by atoms with E-state index in [4.69, 9.17) is 4.74 Å². The zero-order valence-corrected chi connectivity index (χ0v) is 4.40. The lowest BCUT2D eigenvalue weighted by molar-refractivity contribution is 0.310. The van der Waals surface area contributed by atoms with E-state index < -0.39 is 0 Å². The van der Waals surface area contributed by atoms with Crippen LogP contribution in [0.5, 0.6) is 0 Å². The van der Waals surface area contributed by atoms with Gasteiger partial charge in [0.05, 0.1) is 0 Å². The van der Waals surface area contributed by atoms with Crippen LogP contribution in [0.3, 0.4) is 0 Å². The first-order valence-electron chi connectivity index (χ1n) is 2.71. The molecule has 7 heavy (non-hydrogen) atoms. The van der Waals surface area contributed by atoms with Crippen LogP contribution in [0.4, 0.5) is 0 Å². The first-order chi connectivity index (χ1) is 3.31. The Bertz CT molecular complexity index is 137. The van der Waals surface area contributed by atoms with Crippen LogP contribution in [0.2, 0.25) is 0 Å². The van der Waals surface area contributed by atoms with Gasteiger partial charge in [-0.15, -0.1) is 0 Å². The zero-order valence-electron chi connectivity index (χ0n) is 4.40. The van der Waals surface area contributed by atoms with Crippen molar-refractivity contribution in [2.45, 2.75) is 25.4 Å². The molecule has 0 aromatic heterocycles. The maximum absolute atomic E-state index is 5.20. The quantitative estimate of drug-likeness (QED) is 0.416. The SMILES string of the molecule is CC12CCC=C1O2. The smallest absolute Gasteiger partial charge is 0.162 e. The Balaban J connectivity index is 2.37. The van der Waals surface area contributed by atoms with Gasteiger partial charge in [-0.1, -0.05) is 0 Å². The lowest BCUT2D eigenvalue weighted by Gasteiger charge is -1.91. The van der Waals surface area contributed by atoms with Crippen LogP contribution >= 0.6 is 0 Å². The third kappa shape index (κ3) is 0.287. The number of ether oxygens (including phenoxy) is 1. The Labute approximate surface area is 43.0 Å². The predicted octanol–water partition coefficient (Wildman–Crippen LogP) is 1.45. The minimum Gasteiger partial charge on any atom is -0.480 e. The summed E-state index contributed by atoms with van der Waals surface area (Å²) in [6.45, 7) is 2.14. The highest BCUT2D eigenvalue weighted by atomic mass is 16.6. The van der Waals surface area contributed by atoms with Crippen molar-refractivity contribution < 1.29 is 4.74 Å². The van der Waals surface area contributed by atoms with E-state index in [2.05, 4.69) is 13.0 Å². The lowest BCUT2D eigenvalue weighted by Crippen LogP contribution is -1.96. The molecule has 1 fully saturated rings. The third-order valence-electron chi connectivity index (χ3n) is 1.77. The van der Waals surface area contributed by atoms with Crippen molar-refractivity contribution >= 4 is 0 Å². The Morgan fingerprint density at radius 3 is 2.86 bits per heavy atom. The van der Waals surface area contributed by atoms with Crippen LogP contribution in [0.15, 0.2) is 11.8 Å². The maximum Gasteiger partial charge on any atom is 0.162 e. The van der Waals surface area contributed by atoms with E-state index in [1.54, 1.807) is 0 Å². The van der Waals surface area contributed by atoms with E-state index >= 15 is 0 Å². The summed E-state index contributed by atoms with van der Waals surface area (Å²) in [6.07, 6.45) is 4.62. The summed E-state index contributed by atoms with van der Waals surface area (Å²) >= 11 is 0. The molecule has 2 rings (SSSR count). The van der Waals surface area contributed by atoms with Gasteiger partial charge in [-0.3, -0.25) is 0 Å². The largest absolute Gasteiger partial charge is 0.480 e. The second-order valence-corrected chi connectivity index (χ2v) is 2.44. The number of fused-ring (bicyclic) bond motifs is 1. The van der Waals surface area contributed by atoms with Crippen molar-refractivity contribution in [3.8, 4) is 0 Å². The van der Waals surface area contributed by atoms with Crippen LogP contribution in [0, 0.1) is 0 Å². The zero-order chi connectivity index (χ0) is 4.91. The standard InChI is InChI=1S/C6H8O/c1-6-4-2-3-5(6)7-6/h3H,2,4H2,1H3. The van der Waals surface area contributed by atoms with Crippen LogP contribution < -0.4 is 0 Å². The molecular formula is C6H8O. The molecule has 1 unspecified atom stereocenters. The molecule has 1 nitrogen and oxygen atoms in total. The molecule has 1 saturated heterocycles. The van der Waals surface area contributed by atoms with E-state index in [0.29, 0.717) is 0 Å². The van der Waals surface area contributed by atoms with Crippen molar-refractivity contribution in [2.75, 3.05) is 0 Å². The molecule has 1 heterocycles. The minimum atomic E-state index is 0.222. The molecular weight excluding hydrogens is 88.1 g/mol. The van der Waals surface area contributed by atoms with Gasteiger partial charge in [0.1, 0.15) is 5.76 Å². The first-order valence-corrected chi connectivity index (χ1v) is 2.71. The Kier molecular flexibility index (Phi) is 0.366. The minimum absolute atomic E-state index is 0.222. The van der Waals surface area contributed by atoms with E-state index in [0.717, 1.165) is 0 Å². The summed E-state index contributed by atoms with van der Waals surface area (Å²) in [7, 11) is 0. The van der Waals surface area contributed by atoms with Crippen molar-refractivity contribution in [1.82, 2.24) is 0 Å². The highest BCUT2D eigenvalue weighted by Gasteiger charge is 2.50. The van der Waals surface area contributed by atoms with Gasteiger partial charge in [-0.25, -0.2) is 0 Å². The Morgan fingerprint density at radius 1 is 1.86 bits per heavy atom. The summed E-state index contributed by atoms with van der Waals surface area (Å²) in [5.74, 6) is 1.23. The van der Waals surface area contributed by atoms with E-state index in [1.165, 1.54) is 18.6 Å². The highest BCUT2D eigenvalue weighted by molar-refractivity contribution is 5.28. The number of hydrogen-bond acceptors (Lipinski definition) is 1. The van der Waals surface area contributed by atoms with E-state index in [-0.39, 0.29) is 5.60 Å². The van der Waals surface area contributed by atoms with Gasteiger partial charge in [0.2, 0.25) is 0 Å². The molecule has 1 atom stereocenters. The van der Waals surface area contributed by atoms with Gasteiger partial charge in [0.25, 0.3) is 0 Å². The molecule has 2 aliphatic rings. The second-order valence-electron chi connectivity index (χ2n) is 2.44. The lowest BCUT2D eigenvalue weighted by atomic mass is 10.1. The van der Waals surface area contributed by atoms with Crippen LogP contribution in [-0.4, -0.2) is 5.60 Å². The van der Waals surface area contributed by atoms with Crippen molar-refractivity contribution in [3.63, 3.8) is 0 Å². The molecule has 0 amide bonds. The average Bonchev–Trinajstić information content (AvgIpc) is 2.09. The van der Waals surface area contributed by atoms with Gasteiger partial charge < -0.3 is 4.74 Å². The Hall–Kier alpha value is -0.460. The van der Waals surface area contributed by atoms with Crippen molar-refractivity contribution in [3.05, 3.63) is 11.8 Å². The third-order valence-corrected chi connectivity index (χ3v) is 1.77. The molecule has 1 aliphatic heterocycles. The van der Waals surface area contributed by atoms with Gasteiger partial charge in [0, 0.05) is 0 Å². The highest BCUT2D eigenvalue weighted by Crippen LogP contribution is 2.49. The van der Waals surface area contributed by atoms with Crippen LogP contribution in [0.25, 0.3) is 0 Å². The fourth-order valence-corrected chi connectivity index (χ4v) is 1.13.